The summed E-state index contributed by atoms with van der Waals surface area (Å²) in [4.78, 5) is 12.3. The fraction of sp³-hybridized carbons (Fsp3) is 0.350. The van der Waals surface area contributed by atoms with Crippen LogP contribution in [-0.4, -0.2) is 25.3 Å². The van der Waals surface area contributed by atoms with E-state index in [1.165, 1.54) is 23.8 Å². The molecule has 2 aliphatic rings. The third kappa shape index (κ3) is 2.13. The largest absolute Gasteiger partial charge is 0.497 e. The Labute approximate surface area is 141 Å². The SMILES string of the molecule is COC(=O)C1C(O)c2cccc3c2C1Cc1ccc(OC)cc1C3. The Kier molecular flexibility index (Phi) is 3.57. The number of hydrogen-bond acceptors (Lipinski definition) is 4. The normalized spacial score (nSPS) is 23.9. The molecule has 3 unspecified atom stereocenters. The molecule has 0 aliphatic heterocycles. The summed E-state index contributed by atoms with van der Waals surface area (Å²) < 4.78 is 10.3. The van der Waals surface area contributed by atoms with Crippen LogP contribution in [0.2, 0.25) is 0 Å². The standard InChI is InChI=1S/C20H20O4/c1-23-14-7-6-11-10-16-17-12(8-13(11)9-14)4-3-5-15(17)19(21)18(16)20(22)24-2/h3-7,9,16,18-19,21H,8,10H2,1-2H3. The molecule has 4 nitrogen and oxygen atoms in total. The number of carbonyl (C=O) groups excluding carboxylic acids is 1. The molecule has 0 saturated heterocycles. The van der Waals surface area contributed by atoms with Gasteiger partial charge in [-0.2, -0.15) is 0 Å². The first-order valence-corrected chi connectivity index (χ1v) is 8.17. The van der Waals surface area contributed by atoms with Crippen LogP contribution >= 0.6 is 0 Å². The molecule has 0 saturated carbocycles. The van der Waals surface area contributed by atoms with Crippen molar-refractivity contribution in [3.63, 3.8) is 0 Å². The zero-order valence-electron chi connectivity index (χ0n) is 13.8. The summed E-state index contributed by atoms with van der Waals surface area (Å²) in [5, 5.41) is 10.7. The summed E-state index contributed by atoms with van der Waals surface area (Å²) in [5.74, 6) is -0.0920. The van der Waals surface area contributed by atoms with E-state index < -0.39 is 12.0 Å². The van der Waals surface area contributed by atoms with Crippen LogP contribution in [0.3, 0.4) is 0 Å². The van der Waals surface area contributed by atoms with Gasteiger partial charge < -0.3 is 14.6 Å². The maximum Gasteiger partial charge on any atom is 0.312 e. The fourth-order valence-corrected chi connectivity index (χ4v) is 4.28. The first-order chi connectivity index (χ1) is 11.6. The van der Waals surface area contributed by atoms with E-state index in [0.717, 1.165) is 29.7 Å². The van der Waals surface area contributed by atoms with Crippen molar-refractivity contribution in [3.8, 4) is 5.75 Å². The molecule has 3 atom stereocenters. The summed E-state index contributed by atoms with van der Waals surface area (Å²) in [5.41, 5.74) is 5.58. The van der Waals surface area contributed by atoms with Crippen molar-refractivity contribution in [1.29, 1.82) is 0 Å². The Balaban J connectivity index is 1.88. The maximum absolute atomic E-state index is 12.3. The van der Waals surface area contributed by atoms with E-state index >= 15 is 0 Å². The van der Waals surface area contributed by atoms with Gasteiger partial charge in [-0.05, 0) is 52.8 Å². The molecule has 0 fully saturated rings. The van der Waals surface area contributed by atoms with E-state index in [1.807, 2.05) is 18.2 Å². The number of hydrogen-bond donors (Lipinski definition) is 1. The third-order valence-electron chi connectivity index (χ3n) is 5.40. The summed E-state index contributed by atoms with van der Waals surface area (Å²) in [7, 11) is 3.05. The Morgan fingerprint density at radius 2 is 1.96 bits per heavy atom. The Hall–Kier alpha value is -2.33. The summed E-state index contributed by atoms with van der Waals surface area (Å²) in [6, 6.07) is 12.1. The number of esters is 1. The van der Waals surface area contributed by atoms with Crippen molar-refractivity contribution in [3.05, 3.63) is 64.2 Å². The molecule has 24 heavy (non-hydrogen) atoms. The number of rotatable bonds is 2. The van der Waals surface area contributed by atoms with Crippen LogP contribution in [0.1, 0.15) is 39.8 Å². The van der Waals surface area contributed by atoms with Gasteiger partial charge in [0.25, 0.3) is 0 Å². The number of carbonyl (C=O) groups is 1. The third-order valence-corrected chi connectivity index (χ3v) is 5.40. The molecule has 2 aromatic carbocycles. The molecule has 124 valence electrons. The molecule has 2 aromatic rings. The Bertz CT molecular complexity index is 811. The first-order valence-electron chi connectivity index (χ1n) is 8.17. The van der Waals surface area contributed by atoms with Gasteiger partial charge in [0.1, 0.15) is 5.75 Å². The lowest BCUT2D eigenvalue weighted by atomic mass is 9.86. The topological polar surface area (TPSA) is 55.8 Å². The Morgan fingerprint density at radius 1 is 1.12 bits per heavy atom. The number of aliphatic hydroxyl groups excluding tert-OH is 1. The molecule has 0 heterocycles. The molecule has 4 heteroatoms. The average molecular weight is 324 g/mol. The molecular weight excluding hydrogens is 304 g/mol. The second kappa shape index (κ2) is 5.64. The minimum Gasteiger partial charge on any atom is -0.497 e. The van der Waals surface area contributed by atoms with E-state index in [4.69, 9.17) is 9.47 Å². The number of benzene rings is 2. The highest BCUT2D eigenvalue weighted by atomic mass is 16.5. The number of fused-ring (bicyclic) bond motifs is 1. The van der Waals surface area contributed by atoms with E-state index in [9.17, 15) is 9.90 Å². The van der Waals surface area contributed by atoms with Crippen LogP contribution in [-0.2, 0) is 22.4 Å². The van der Waals surface area contributed by atoms with Gasteiger partial charge in [-0.1, -0.05) is 24.3 Å². The van der Waals surface area contributed by atoms with Gasteiger partial charge >= 0.3 is 5.97 Å². The molecule has 0 spiro atoms. The maximum atomic E-state index is 12.3. The highest BCUT2D eigenvalue weighted by Crippen LogP contribution is 2.50. The molecular formula is C20H20O4. The van der Waals surface area contributed by atoms with Gasteiger partial charge in [0.05, 0.1) is 26.2 Å². The average Bonchev–Trinajstić information content (AvgIpc) is 2.78. The molecule has 1 N–H and O–H groups in total. The minimum atomic E-state index is -0.794. The molecule has 0 amide bonds. The van der Waals surface area contributed by atoms with Crippen molar-refractivity contribution in [2.24, 2.45) is 5.92 Å². The van der Waals surface area contributed by atoms with Gasteiger partial charge in [0.2, 0.25) is 0 Å². The monoisotopic (exact) mass is 324 g/mol. The van der Waals surface area contributed by atoms with Crippen molar-refractivity contribution >= 4 is 5.97 Å². The molecule has 4 rings (SSSR count). The molecule has 0 bridgehead atoms. The summed E-state index contributed by atoms with van der Waals surface area (Å²) in [6.07, 6.45) is 0.713. The van der Waals surface area contributed by atoms with Gasteiger partial charge in [0, 0.05) is 5.92 Å². The van der Waals surface area contributed by atoms with Crippen molar-refractivity contribution in [1.82, 2.24) is 0 Å². The lowest BCUT2D eigenvalue weighted by molar-refractivity contribution is -0.150. The lowest BCUT2D eigenvalue weighted by Gasteiger charge is -2.20. The second-order valence-electron chi connectivity index (χ2n) is 6.54. The van der Waals surface area contributed by atoms with E-state index in [2.05, 4.69) is 18.2 Å². The van der Waals surface area contributed by atoms with Crippen LogP contribution in [0.4, 0.5) is 0 Å². The van der Waals surface area contributed by atoms with E-state index in [1.54, 1.807) is 7.11 Å². The summed E-state index contributed by atoms with van der Waals surface area (Å²) >= 11 is 0. The number of aliphatic hydroxyl groups is 1. The van der Waals surface area contributed by atoms with Crippen LogP contribution in [0.15, 0.2) is 36.4 Å². The quantitative estimate of drug-likeness (QED) is 0.863. The lowest BCUT2D eigenvalue weighted by Crippen LogP contribution is -2.25. The highest BCUT2D eigenvalue weighted by Gasteiger charge is 2.46. The van der Waals surface area contributed by atoms with E-state index in [-0.39, 0.29) is 11.9 Å². The highest BCUT2D eigenvalue weighted by molar-refractivity contribution is 5.77. The number of methoxy groups -OCH3 is 2. The Morgan fingerprint density at radius 3 is 2.71 bits per heavy atom. The van der Waals surface area contributed by atoms with Crippen LogP contribution in [0.25, 0.3) is 0 Å². The first kappa shape index (κ1) is 15.2. The second-order valence-corrected chi connectivity index (χ2v) is 6.54. The zero-order chi connectivity index (χ0) is 16.8. The van der Waals surface area contributed by atoms with Crippen LogP contribution < -0.4 is 4.74 Å². The predicted molar refractivity (Wildman–Crippen MR) is 89.2 cm³/mol. The molecule has 0 aromatic heterocycles. The van der Waals surface area contributed by atoms with Gasteiger partial charge in [0.15, 0.2) is 0 Å². The van der Waals surface area contributed by atoms with Crippen molar-refractivity contribution in [2.45, 2.75) is 24.9 Å². The van der Waals surface area contributed by atoms with Crippen LogP contribution in [0.5, 0.6) is 5.75 Å². The van der Waals surface area contributed by atoms with Crippen LogP contribution in [0, 0.1) is 5.92 Å². The fourth-order valence-electron chi connectivity index (χ4n) is 4.28. The minimum absolute atomic E-state index is 0.0479. The van der Waals surface area contributed by atoms with Gasteiger partial charge in [-0.15, -0.1) is 0 Å². The van der Waals surface area contributed by atoms with Gasteiger partial charge in [-0.25, -0.2) is 0 Å². The number of ether oxygens (including phenoxy) is 2. The van der Waals surface area contributed by atoms with E-state index in [0.29, 0.717) is 0 Å². The van der Waals surface area contributed by atoms with Gasteiger partial charge in [-0.3, -0.25) is 4.79 Å². The smallest absolute Gasteiger partial charge is 0.312 e. The predicted octanol–water partition coefficient (Wildman–Crippen LogP) is 2.76. The van der Waals surface area contributed by atoms with Crippen molar-refractivity contribution in [2.75, 3.05) is 14.2 Å². The molecule has 0 radical (unpaired) electrons. The van der Waals surface area contributed by atoms with Crippen molar-refractivity contribution < 1.29 is 19.4 Å². The molecule has 2 aliphatic carbocycles. The zero-order valence-corrected chi connectivity index (χ0v) is 13.8. The summed E-state index contributed by atoms with van der Waals surface area (Å²) in [6.45, 7) is 0.